The van der Waals surface area contributed by atoms with Gasteiger partial charge in [0, 0.05) is 33.2 Å². The van der Waals surface area contributed by atoms with Crippen LogP contribution in [-0.4, -0.2) is 0 Å². The van der Waals surface area contributed by atoms with Crippen molar-refractivity contribution < 1.29 is 4.42 Å². The third kappa shape index (κ3) is 6.01. The fourth-order valence-electron chi connectivity index (χ4n) is 8.78. The number of nitrogens with zero attached hydrogens (tertiary/aromatic N) is 1. The van der Waals surface area contributed by atoms with E-state index in [1.165, 1.54) is 70.7 Å². The maximum absolute atomic E-state index is 6.69. The second kappa shape index (κ2) is 13.4. The largest absolute Gasteiger partial charge is 0.455 e. The van der Waals surface area contributed by atoms with Gasteiger partial charge in [-0.25, -0.2) is 0 Å². The zero-order chi connectivity index (χ0) is 36.1. The summed E-state index contributed by atoms with van der Waals surface area (Å²) in [5, 5.41) is 5.01. The van der Waals surface area contributed by atoms with E-state index in [2.05, 4.69) is 178 Å². The highest BCUT2D eigenvalue weighted by Gasteiger charge is 2.25. The van der Waals surface area contributed by atoms with Crippen LogP contribution >= 0.6 is 0 Å². The minimum absolute atomic E-state index is 0.0486. The van der Waals surface area contributed by atoms with Gasteiger partial charge in [0.05, 0.1) is 11.4 Å². The van der Waals surface area contributed by atoms with E-state index in [1.54, 1.807) is 0 Å². The molecular formula is C51H47NO. The molecule has 0 spiro atoms. The van der Waals surface area contributed by atoms with Gasteiger partial charge < -0.3 is 9.32 Å². The highest BCUT2D eigenvalue weighted by atomic mass is 16.3. The minimum atomic E-state index is 0.0486. The number of anilines is 3. The molecule has 1 fully saturated rings. The van der Waals surface area contributed by atoms with Crippen LogP contribution in [0, 0.1) is 6.92 Å². The lowest BCUT2D eigenvalue weighted by Crippen LogP contribution is -2.14. The molecule has 0 radical (unpaired) electrons. The van der Waals surface area contributed by atoms with Gasteiger partial charge in [0.15, 0.2) is 0 Å². The first-order chi connectivity index (χ1) is 25.8. The topological polar surface area (TPSA) is 16.4 Å². The Morgan fingerprint density at radius 1 is 0.566 bits per heavy atom. The highest BCUT2D eigenvalue weighted by Crippen LogP contribution is 2.49. The minimum Gasteiger partial charge on any atom is -0.455 e. The number of benzene rings is 7. The number of aryl methyl sites for hydroxylation is 1. The zero-order valence-electron chi connectivity index (χ0n) is 31.3. The summed E-state index contributed by atoms with van der Waals surface area (Å²) in [5.41, 5.74) is 14.1. The van der Waals surface area contributed by atoms with Crippen LogP contribution in [0.3, 0.4) is 0 Å². The molecule has 262 valence electrons. The van der Waals surface area contributed by atoms with Crippen LogP contribution in [0.2, 0.25) is 0 Å². The van der Waals surface area contributed by atoms with Crippen molar-refractivity contribution in [3.8, 4) is 22.3 Å². The number of para-hydroxylation sites is 3. The lowest BCUT2D eigenvalue weighted by Gasteiger charge is -2.31. The molecule has 1 saturated carbocycles. The van der Waals surface area contributed by atoms with Gasteiger partial charge in [-0.15, -0.1) is 0 Å². The summed E-state index contributed by atoms with van der Waals surface area (Å²) in [7, 11) is 0. The molecule has 1 heterocycles. The first-order valence-corrected chi connectivity index (χ1v) is 19.4. The van der Waals surface area contributed by atoms with Crippen molar-refractivity contribution in [1.29, 1.82) is 0 Å². The average molecular weight is 690 g/mol. The van der Waals surface area contributed by atoms with Crippen LogP contribution in [0.1, 0.15) is 75.5 Å². The van der Waals surface area contributed by atoms with E-state index in [0.29, 0.717) is 5.92 Å². The van der Waals surface area contributed by atoms with E-state index in [1.807, 2.05) is 0 Å². The fourth-order valence-corrected chi connectivity index (χ4v) is 8.78. The van der Waals surface area contributed by atoms with Crippen molar-refractivity contribution in [2.75, 3.05) is 4.90 Å². The van der Waals surface area contributed by atoms with Crippen LogP contribution in [-0.2, 0) is 5.41 Å². The smallest absolute Gasteiger partial charge is 0.143 e. The van der Waals surface area contributed by atoms with Gasteiger partial charge in [-0.05, 0) is 95.0 Å². The van der Waals surface area contributed by atoms with Crippen LogP contribution in [0.4, 0.5) is 17.1 Å². The summed E-state index contributed by atoms with van der Waals surface area (Å²) < 4.78 is 6.69. The Kier molecular flexibility index (Phi) is 8.42. The van der Waals surface area contributed by atoms with Gasteiger partial charge in [0.1, 0.15) is 11.2 Å². The van der Waals surface area contributed by atoms with E-state index in [4.69, 9.17) is 4.42 Å². The molecule has 1 aliphatic rings. The Balaban J connectivity index is 1.30. The monoisotopic (exact) mass is 689 g/mol. The van der Waals surface area contributed by atoms with Crippen LogP contribution < -0.4 is 4.90 Å². The van der Waals surface area contributed by atoms with Crippen molar-refractivity contribution in [3.63, 3.8) is 0 Å². The number of hydrogen-bond acceptors (Lipinski definition) is 2. The van der Waals surface area contributed by atoms with Crippen LogP contribution in [0.25, 0.3) is 55.0 Å². The molecule has 53 heavy (non-hydrogen) atoms. The standard InChI is InChI=1S/C51H47NO/c1-34-27-32-48-45(33-34)44-24-14-23-43(50(44)53-48)41-20-9-11-26-47(41)52(38-30-28-37(29-31-38)51(2,3)4)46-25-10-8-19-40(46)42-22-13-18-36-17-12-21-39(49(36)42)35-15-6-5-7-16-35/h8-14,17-33,35H,5-7,15-16H2,1-4H3. The predicted octanol–water partition coefficient (Wildman–Crippen LogP) is 15.2. The summed E-state index contributed by atoms with van der Waals surface area (Å²) in [6.45, 7) is 8.99. The number of furan rings is 1. The number of rotatable bonds is 6. The van der Waals surface area contributed by atoms with Gasteiger partial charge >= 0.3 is 0 Å². The molecule has 0 unspecified atom stereocenters. The van der Waals surface area contributed by atoms with Crippen molar-refractivity contribution >= 4 is 49.8 Å². The van der Waals surface area contributed by atoms with Crippen molar-refractivity contribution in [3.05, 3.63) is 162 Å². The maximum Gasteiger partial charge on any atom is 0.143 e. The Morgan fingerprint density at radius 3 is 1.91 bits per heavy atom. The Labute approximate surface area is 313 Å². The lowest BCUT2D eigenvalue weighted by molar-refractivity contribution is 0.445. The first-order valence-electron chi connectivity index (χ1n) is 19.4. The first kappa shape index (κ1) is 33.3. The third-order valence-electron chi connectivity index (χ3n) is 11.5. The van der Waals surface area contributed by atoms with Crippen molar-refractivity contribution in [1.82, 2.24) is 0 Å². The van der Waals surface area contributed by atoms with Crippen molar-refractivity contribution in [2.24, 2.45) is 0 Å². The molecular weight excluding hydrogens is 643 g/mol. The molecule has 2 nitrogen and oxygen atoms in total. The maximum atomic E-state index is 6.69. The van der Waals surface area contributed by atoms with Gasteiger partial charge in [0.25, 0.3) is 0 Å². The Bertz CT molecular complexity index is 2590. The van der Waals surface area contributed by atoms with Gasteiger partial charge in [-0.3, -0.25) is 0 Å². The van der Waals surface area contributed by atoms with Crippen LogP contribution in [0.15, 0.2) is 150 Å². The molecule has 1 aromatic heterocycles. The predicted molar refractivity (Wildman–Crippen MR) is 226 cm³/mol. The fraction of sp³-hybridized carbons (Fsp3) is 0.216. The summed E-state index contributed by atoms with van der Waals surface area (Å²) in [5.74, 6) is 0.593. The molecule has 0 atom stereocenters. The van der Waals surface area contributed by atoms with Crippen molar-refractivity contribution in [2.45, 2.75) is 71.1 Å². The summed E-state index contributed by atoms with van der Waals surface area (Å²) in [6.07, 6.45) is 6.50. The quantitative estimate of drug-likeness (QED) is 0.173. The second-order valence-electron chi connectivity index (χ2n) is 16.0. The van der Waals surface area contributed by atoms with Gasteiger partial charge in [-0.2, -0.15) is 0 Å². The molecule has 0 bridgehead atoms. The second-order valence-corrected chi connectivity index (χ2v) is 16.0. The van der Waals surface area contributed by atoms with Crippen LogP contribution in [0.5, 0.6) is 0 Å². The lowest BCUT2D eigenvalue weighted by atomic mass is 9.80. The Hall–Kier alpha value is -5.60. The summed E-state index contributed by atoms with van der Waals surface area (Å²) in [6, 6.07) is 53.9. The molecule has 1 aliphatic carbocycles. The van der Waals surface area contributed by atoms with Gasteiger partial charge in [-0.1, -0.05) is 155 Å². The SMILES string of the molecule is Cc1ccc2oc3c(-c4ccccc4N(c4ccc(C(C)(C)C)cc4)c4ccccc4-c4cccc5cccc(C6CCCCC6)c45)cccc3c2c1. The average Bonchev–Trinajstić information content (AvgIpc) is 3.56. The van der Waals surface area contributed by atoms with Gasteiger partial charge in [0.2, 0.25) is 0 Å². The third-order valence-corrected chi connectivity index (χ3v) is 11.5. The van der Waals surface area contributed by atoms with E-state index in [0.717, 1.165) is 50.1 Å². The van der Waals surface area contributed by atoms with E-state index in [9.17, 15) is 0 Å². The summed E-state index contributed by atoms with van der Waals surface area (Å²) >= 11 is 0. The molecule has 0 saturated heterocycles. The van der Waals surface area contributed by atoms with E-state index in [-0.39, 0.29) is 5.41 Å². The molecule has 9 rings (SSSR count). The highest BCUT2D eigenvalue weighted by molar-refractivity contribution is 6.11. The molecule has 0 aliphatic heterocycles. The summed E-state index contributed by atoms with van der Waals surface area (Å²) in [4.78, 5) is 2.48. The molecule has 8 aromatic rings. The molecule has 7 aromatic carbocycles. The van der Waals surface area contributed by atoms with E-state index < -0.39 is 0 Å². The number of fused-ring (bicyclic) bond motifs is 4. The Morgan fingerprint density at radius 2 is 1.19 bits per heavy atom. The molecule has 0 amide bonds. The molecule has 2 heteroatoms. The number of hydrogen-bond donors (Lipinski definition) is 0. The van der Waals surface area contributed by atoms with E-state index >= 15 is 0 Å². The molecule has 0 N–H and O–H groups in total. The normalized spacial score (nSPS) is 14.0. The zero-order valence-corrected chi connectivity index (χ0v) is 31.3.